The predicted octanol–water partition coefficient (Wildman–Crippen LogP) is 4.33. The molecule has 0 bridgehead atoms. The first-order valence-electron chi connectivity index (χ1n) is 9.82. The summed E-state index contributed by atoms with van der Waals surface area (Å²) in [4.78, 5) is 47.4. The van der Waals surface area contributed by atoms with Crippen molar-refractivity contribution in [1.29, 1.82) is 0 Å². The summed E-state index contributed by atoms with van der Waals surface area (Å²) < 4.78 is 10.5. The van der Waals surface area contributed by atoms with Gasteiger partial charge in [0, 0.05) is 23.8 Å². The van der Waals surface area contributed by atoms with Crippen molar-refractivity contribution >= 4 is 34.2 Å². The Hall–Kier alpha value is -4.99. The zero-order valence-corrected chi connectivity index (χ0v) is 17.6. The number of non-ortho nitro benzene ring substituents is 1. The summed E-state index contributed by atoms with van der Waals surface area (Å²) in [6.07, 6.45) is 0. The van der Waals surface area contributed by atoms with Crippen molar-refractivity contribution in [3.05, 3.63) is 98.4 Å². The van der Waals surface area contributed by atoms with Crippen LogP contribution in [0.15, 0.2) is 75.9 Å². The second kappa shape index (κ2) is 8.87. The molecule has 10 nitrogen and oxygen atoms in total. The van der Waals surface area contributed by atoms with Gasteiger partial charge in [0.2, 0.25) is 5.76 Å². The zero-order chi connectivity index (χ0) is 24.4. The Morgan fingerprint density at radius 3 is 2.26 bits per heavy atom. The molecular weight excluding hydrogens is 444 g/mol. The molecule has 0 saturated heterocycles. The molecule has 0 aliphatic rings. The third kappa shape index (κ3) is 4.32. The minimum absolute atomic E-state index is 0.0332. The first-order valence-corrected chi connectivity index (χ1v) is 9.82. The largest absolute Gasteiger partial charge is 0.497 e. The van der Waals surface area contributed by atoms with Crippen LogP contribution in [0.25, 0.3) is 22.1 Å². The van der Waals surface area contributed by atoms with Crippen LogP contribution in [0.4, 0.5) is 11.4 Å². The van der Waals surface area contributed by atoms with Crippen LogP contribution in [0.1, 0.15) is 20.9 Å². The molecule has 0 aliphatic carbocycles. The molecule has 1 amide bonds. The van der Waals surface area contributed by atoms with Crippen LogP contribution < -0.4 is 15.5 Å². The lowest BCUT2D eigenvalue weighted by molar-refractivity contribution is -0.384. The van der Waals surface area contributed by atoms with Crippen molar-refractivity contribution in [2.24, 2.45) is 0 Å². The van der Waals surface area contributed by atoms with Crippen LogP contribution in [0.5, 0.6) is 5.75 Å². The van der Waals surface area contributed by atoms with Crippen LogP contribution >= 0.6 is 0 Å². The number of carboxylic acids is 1. The number of amides is 1. The Bertz CT molecular complexity index is 1490. The van der Waals surface area contributed by atoms with Gasteiger partial charge in [0.1, 0.15) is 5.75 Å². The average Bonchev–Trinajstić information content (AvgIpc) is 2.84. The van der Waals surface area contributed by atoms with Crippen molar-refractivity contribution in [3.8, 4) is 16.9 Å². The first kappa shape index (κ1) is 22.2. The zero-order valence-electron chi connectivity index (χ0n) is 17.6. The van der Waals surface area contributed by atoms with Gasteiger partial charge in [-0.3, -0.25) is 19.7 Å². The van der Waals surface area contributed by atoms with E-state index in [0.29, 0.717) is 16.9 Å². The number of methoxy groups -OCH3 is 1. The van der Waals surface area contributed by atoms with E-state index in [9.17, 15) is 29.6 Å². The molecule has 2 N–H and O–H groups in total. The highest BCUT2D eigenvalue weighted by molar-refractivity contribution is 6.09. The number of hydrogen-bond acceptors (Lipinski definition) is 7. The molecular formula is C24H16N2O8. The number of benzene rings is 3. The summed E-state index contributed by atoms with van der Waals surface area (Å²) >= 11 is 0. The number of ether oxygens (including phenoxy) is 1. The maximum Gasteiger partial charge on any atom is 0.371 e. The maximum absolute atomic E-state index is 12.9. The topological polar surface area (TPSA) is 149 Å². The van der Waals surface area contributed by atoms with Crippen molar-refractivity contribution in [3.63, 3.8) is 0 Å². The summed E-state index contributed by atoms with van der Waals surface area (Å²) in [5, 5.41) is 22.9. The monoisotopic (exact) mass is 460 g/mol. The molecule has 3 aromatic carbocycles. The molecule has 0 atom stereocenters. The van der Waals surface area contributed by atoms with Crippen molar-refractivity contribution in [2.75, 3.05) is 12.4 Å². The summed E-state index contributed by atoms with van der Waals surface area (Å²) in [7, 11) is 1.49. The summed E-state index contributed by atoms with van der Waals surface area (Å²) in [6, 6.07) is 15.7. The number of hydrogen-bond donors (Lipinski definition) is 2. The second-order valence-electron chi connectivity index (χ2n) is 7.17. The lowest BCUT2D eigenvalue weighted by Gasteiger charge is -2.12. The van der Waals surface area contributed by atoms with Gasteiger partial charge in [-0.2, -0.15) is 0 Å². The fraction of sp³-hybridized carbons (Fsp3) is 0.0417. The van der Waals surface area contributed by atoms with Crippen LogP contribution in [0.2, 0.25) is 0 Å². The number of carbonyl (C=O) groups is 2. The number of nitro groups is 1. The van der Waals surface area contributed by atoms with E-state index in [4.69, 9.17) is 9.15 Å². The molecule has 1 aromatic heterocycles. The van der Waals surface area contributed by atoms with E-state index in [-0.39, 0.29) is 27.9 Å². The Morgan fingerprint density at radius 2 is 1.68 bits per heavy atom. The maximum atomic E-state index is 12.9. The first-order chi connectivity index (χ1) is 16.3. The minimum atomic E-state index is -1.44. The highest BCUT2D eigenvalue weighted by atomic mass is 16.6. The third-order valence-electron chi connectivity index (χ3n) is 5.05. The average molecular weight is 460 g/mol. The Morgan fingerprint density at radius 1 is 1.00 bits per heavy atom. The van der Waals surface area contributed by atoms with Crippen LogP contribution in [0.3, 0.4) is 0 Å². The van der Waals surface area contributed by atoms with Gasteiger partial charge in [-0.05, 0) is 59.7 Å². The van der Waals surface area contributed by atoms with Gasteiger partial charge >= 0.3 is 5.97 Å². The number of nitro benzene ring substituents is 1. The fourth-order valence-corrected chi connectivity index (χ4v) is 3.34. The molecule has 0 aliphatic heterocycles. The lowest BCUT2D eigenvalue weighted by Crippen LogP contribution is -2.14. The quantitative estimate of drug-likeness (QED) is 0.319. The number of carboxylic acid groups (broad SMARTS) is 1. The Kier molecular flexibility index (Phi) is 5.79. The number of fused-ring (bicyclic) bond motifs is 1. The van der Waals surface area contributed by atoms with Crippen molar-refractivity contribution < 1.29 is 28.8 Å². The Labute approximate surface area is 191 Å². The third-order valence-corrected chi connectivity index (χ3v) is 5.05. The van der Waals surface area contributed by atoms with Crippen molar-refractivity contribution in [2.45, 2.75) is 0 Å². The number of anilines is 1. The molecule has 10 heteroatoms. The van der Waals surface area contributed by atoms with Gasteiger partial charge in [-0.25, -0.2) is 4.79 Å². The standard InChI is InChI=1S/C24H16N2O8/c1-33-17-8-4-14(5-9-17)23(28)25-19-11-15(13-2-6-16(7-3-13)26(31)32)10-18-20(27)12-21(24(29)30)34-22(18)19/h2-12H,1H3,(H,25,28)(H,29,30). The Balaban J connectivity index is 1.85. The summed E-state index contributed by atoms with van der Waals surface area (Å²) in [5.41, 5.74) is 0.498. The number of carbonyl (C=O) groups excluding carboxylic acids is 1. The van der Waals surface area contributed by atoms with Gasteiger partial charge < -0.3 is 19.6 Å². The second-order valence-corrected chi connectivity index (χ2v) is 7.17. The van der Waals surface area contributed by atoms with E-state index in [0.717, 1.165) is 6.07 Å². The van der Waals surface area contributed by atoms with Crippen molar-refractivity contribution in [1.82, 2.24) is 0 Å². The lowest BCUT2D eigenvalue weighted by atomic mass is 10.0. The molecule has 0 saturated carbocycles. The number of nitrogens with zero attached hydrogens (tertiary/aromatic N) is 1. The van der Waals surface area contributed by atoms with Crippen LogP contribution in [0, 0.1) is 10.1 Å². The molecule has 0 radical (unpaired) electrons. The van der Waals surface area contributed by atoms with E-state index in [1.807, 2.05) is 0 Å². The molecule has 4 aromatic rings. The van der Waals surface area contributed by atoms with Crippen LogP contribution in [-0.4, -0.2) is 29.0 Å². The van der Waals surface area contributed by atoms with E-state index in [1.165, 1.54) is 55.6 Å². The number of rotatable bonds is 6. The summed E-state index contributed by atoms with van der Waals surface area (Å²) in [5.74, 6) is -2.00. The normalized spacial score (nSPS) is 10.6. The van der Waals surface area contributed by atoms with E-state index >= 15 is 0 Å². The molecule has 170 valence electrons. The van der Waals surface area contributed by atoms with E-state index < -0.39 is 28.0 Å². The molecule has 34 heavy (non-hydrogen) atoms. The molecule has 0 spiro atoms. The van der Waals surface area contributed by atoms with E-state index in [2.05, 4.69) is 5.32 Å². The summed E-state index contributed by atoms with van der Waals surface area (Å²) in [6.45, 7) is 0. The van der Waals surface area contributed by atoms with Gasteiger partial charge in [0.05, 0.1) is 23.1 Å². The highest BCUT2D eigenvalue weighted by Crippen LogP contribution is 2.31. The highest BCUT2D eigenvalue weighted by Gasteiger charge is 2.18. The van der Waals surface area contributed by atoms with Gasteiger partial charge in [-0.15, -0.1) is 0 Å². The fourth-order valence-electron chi connectivity index (χ4n) is 3.34. The molecule has 0 fully saturated rings. The van der Waals surface area contributed by atoms with E-state index in [1.54, 1.807) is 12.1 Å². The van der Waals surface area contributed by atoms with Gasteiger partial charge in [0.25, 0.3) is 11.6 Å². The minimum Gasteiger partial charge on any atom is -0.497 e. The molecule has 0 unspecified atom stereocenters. The molecule has 4 rings (SSSR count). The number of aromatic carboxylic acids is 1. The smallest absolute Gasteiger partial charge is 0.371 e. The SMILES string of the molecule is COc1ccc(C(=O)Nc2cc(-c3ccc([N+](=O)[O-])cc3)cc3c(=O)cc(C(=O)O)oc23)cc1. The number of nitrogens with one attached hydrogen (secondary N) is 1. The van der Waals surface area contributed by atoms with Crippen LogP contribution in [-0.2, 0) is 0 Å². The van der Waals surface area contributed by atoms with Gasteiger partial charge in [-0.1, -0.05) is 0 Å². The molecule has 1 heterocycles. The van der Waals surface area contributed by atoms with Gasteiger partial charge in [0.15, 0.2) is 11.0 Å². The predicted molar refractivity (Wildman–Crippen MR) is 122 cm³/mol.